The van der Waals surface area contributed by atoms with Gasteiger partial charge in [-0.3, -0.25) is 0 Å². The van der Waals surface area contributed by atoms with Crippen molar-refractivity contribution in [3.63, 3.8) is 0 Å². The number of esters is 1. The second-order valence-corrected chi connectivity index (χ2v) is 10.4. The molecule has 1 heterocycles. The minimum atomic E-state index is -0.472. The van der Waals surface area contributed by atoms with E-state index in [4.69, 9.17) is 4.74 Å². The van der Waals surface area contributed by atoms with Crippen molar-refractivity contribution >= 4 is 12.0 Å². The van der Waals surface area contributed by atoms with Crippen LogP contribution in [0.25, 0.3) is 0 Å². The zero-order chi connectivity index (χ0) is 21.4. The summed E-state index contributed by atoms with van der Waals surface area (Å²) in [4.78, 5) is 27.6. The van der Waals surface area contributed by atoms with Crippen molar-refractivity contribution in [2.75, 3.05) is 13.2 Å². The molecule has 2 amide bonds. The average Bonchev–Trinajstić information content (AvgIpc) is 3.21. The van der Waals surface area contributed by atoms with Gasteiger partial charge in [-0.1, -0.05) is 12.1 Å². The molecule has 1 atom stereocenters. The number of carbonyl (C=O) groups excluding carboxylic acids is 2. The number of amides is 2. The second kappa shape index (κ2) is 8.44. The van der Waals surface area contributed by atoms with E-state index in [1.54, 1.807) is 17.0 Å². The van der Waals surface area contributed by atoms with Crippen LogP contribution in [0.15, 0.2) is 24.3 Å². The van der Waals surface area contributed by atoms with Crippen molar-refractivity contribution in [1.29, 1.82) is 0 Å². The molecule has 6 rings (SSSR count). The van der Waals surface area contributed by atoms with Crippen LogP contribution in [0, 0.1) is 23.6 Å². The van der Waals surface area contributed by atoms with E-state index in [-0.39, 0.29) is 23.4 Å². The van der Waals surface area contributed by atoms with Crippen LogP contribution < -0.4 is 5.32 Å². The zero-order valence-corrected chi connectivity index (χ0v) is 18.2. The van der Waals surface area contributed by atoms with Crippen LogP contribution in [0.1, 0.15) is 63.4 Å². The Morgan fingerprint density at radius 3 is 2.35 bits per heavy atom. The topological polar surface area (TPSA) is 58.6 Å². The van der Waals surface area contributed by atoms with Crippen LogP contribution in [0.3, 0.4) is 0 Å². The quantitative estimate of drug-likeness (QED) is 0.538. The van der Waals surface area contributed by atoms with Gasteiger partial charge in [0, 0.05) is 12.1 Å². The molecule has 5 aliphatic rings. The van der Waals surface area contributed by atoms with E-state index >= 15 is 0 Å². The fourth-order valence-electron chi connectivity index (χ4n) is 7.01. The lowest BCUT2D eigenvalue weighted by Gasteiger charge is -2.57. The molecule has 168 valence electrons. The summed E-state index contributed by atoms with van der Waals surface area (Å²) in [5.74, 6) is 1.77. The van der Waals surface area contributed by atoms with Gasteiger partial charge in [0.2, 0.25) is 0 Å². The number of nitrogens with zero attached hydrogens (tertiary/aromatic N) is 1. The molecule has 0 spiro atoms. The van der Waals surface area contributed by atoms with Crippen molar-refractivity contribution in [3.8, 4) is 0 Å². The highest BCUT2D eigenvalue weighted by atomic mass is 19.1. The van der Waals surface area contributed by atoms with E-state index < -0.39 is 6.04 Å². The summed E-state index contributed by atoms with van der Waals surface area (Å²) >= 11 is 0. The third-order valence-electron chi connectivity index (χ3n) is 7.96. The third-order valence-corrected chi connectivity index (χ3v) is 7.96. The molecule has 1 N–H and O–H groups in total. The van der Waals surface area contributed by atoms with Crippen LogP contribution in [0.2, 0.25) is 0 Å². The van der Waals surface area contributed by atoms with E-state index in [1.165, 1.54) is 31.4 Å². The van der Waals surface area contributed by atoms with Crippen molar-refractivity contribution in [3.05, 3.63) is 35.6 Å². The summed E-state index contributed by atoms with van der Waals surface area (Å²) in [5, 5.41) is 3.39. The van der Waals surface area contributed by atoms with Gasteiger partial charge in [-0.25, -0.2) is 14.0 Å². The summed E-state index contributed by atoms with van der Waals surface area (Å²) in [7, 11) is 0. The van der Waals surface area contributed by atoms with Crippen molar-refractivity contribution in [2.24, 2.45) is 17.8 Å². The van der Waals surface area contributed by atoms with Crippen molar-refractivity contribution < 1.29 is 18.7 Å². The first kappa shape index (κ1) is 20.8. The molecule has 6 heteroatoms. The normalized spacial score (nSPS) is 33.5. The number of likely N-dealkylation sites (tertiary alicyclic amines) is 1. The molecular formula is C25H33FN2O3. The minimum Gasteiger partial charge on any atom is -0.464 e. The lowest BCUT2D eigenvalue weighted by atomic mass is 9.53. The van der Waals surface area contributed by atoms with Gasteiger partial charge in [0.05, 0.1) is 6.61 Å². The SMILES string of the molecule is O=C(OCCCc1ccc(F)cc1)[C@@H]1CCCN1C(=O)NC12CC3CC(CC(C3)C1)C2. The number of halogens is 1. The van der Waals surface area contributed by atoms with E-state index in [0.717, 1.165) is 55.4 Å². The maximum Gasteiger partial charge on any atom is 0.328 e. The first-order chi connectivity index (χ1) is 15.0. The van der Waals surface area contributed by atoms with E-state index in [2.05, 4.69) is 5.32 Å². The number of carbonyl (C=O) groups is 2. The Morgan fingerprint density at radius 1 is 1.06 bits per heavy atom. The van der Waals surface area contributed by atoms with Gasteiger partial charge in [0.15, 0.2) is 0 Å². The fraction of sp³-hybridized carbons (Fsp3) is 0.680. The number of aryl methyl sites for hydroxylation is 1. The molecule has 0 radical (unpaired) electrons. The Kier molecular flexibility index (Phi) is 5.65. The molecule has 5 fully saturated rings. The van der Waals surface area contributed by atoms with Crippen LogP contribution in [-0.2, 0) is 16.0 Å². The van der Waals surface area contributed by atoms with E-state index in [1.807, 2.05) is 0 Å². The van der Waals surface area contributed by atoms with Crippen molar-refractivity contribution in [1.82, 2.24) is 10.2 Å². The number of benzene rings is 1. The highest BCUT2D eigenvalue weighted by molar-refractivity contribution is 5.84. The van der Waals surface area contributed by atoms with Gasteiger partial charge in [-0.15, -0.1) is 0 Å². The molecule has 1 aliphatic heterocycles. The van der Waals surface area contributed by atoms with Gasteiger partial charge in [-0.05, 0) is 99.7 Å². The molecule has 5 nitrogen and oxygen atoms in total. The predicted molar refractivity (Wildman–Crippen MR) is 115 cm³/mol. The van der Waals surface area contributed by atoms with Crippen LogP contribution >= 0.6 is 0 Å². The monoisotopic (exact) mass is 428 g/mol. The number of urea groups is 1. The Bertz CT molecular complexity index is 789. The average molecular weight is 429 g/mol. The van der Waals surface area contributed by atoms with Crippen molar-refractivity contribution in [2.45, 2.75) is 75.8 Å². The molecule has 0 aromatic heterocycles. The summed E-state index contributed by atoms with van der Waals surface area (Å²) in [6, 6.07) is 5.85. The Balaban J connectivity index is 1.12. The van der Waals surface area contributed by atoms with Gasteiger partial charge < -0.3 is 15.0 Å². The van der Waals surface area contributed by atoms with Gasteiger partial charge >= 0.3 is 12.0 Å². The lowest BCUT2D eigenvalue weighted by molar-refractivity contribution is -0.148. The first-order valence-electron chi connectivity index (χ1n) is 12.0. The molecule has 4 bridgehead atoms. The highest BCUT2D eigenvalue weighted by Gasteiger charge is 2.52. The molecular weight excluding hydrogens is 395 g/mol. The zero-order valence-electron chi connectivity index (χ0n) is 18.2. The smallest absolute Gasteiger partial charge is 0.328 e. The predicted octanol–water partition coefficient (Wildman–Crippen LogP) is 4.44. The largest absolute Gasteiger partial charge is 0.464 e. The maximum atomic E-state index is 13.2. The lowest BCUT2D eigenvalue weighted by Crippen LogP contribution is -2.62. The molecule has 4 saturated carbocycles. The molecule has 1 saturated heterocycles. The highest BCUT2D eigenvalue weighted by Crippen LogP contribution is 2.55. The maximum absolute atomic E-state index is 13.2. The molecule has 4 aliphatic carbocycles. The first-order valence-corrected chi connectivity index (χ1v) is 12.0. The van der Waals surface area contributed by atoms with E-state index in [0.29, 0.717) is 26.0 Å². The summed E-state index contributed by atoms with van der Waals surface area (Å²) in [5.41, 5.74) is 0.979. The number of hydrogen-bond acceptors (Lipinski definition) is 3. The van der Waals surface area contributed by atoms with Gasteiger partial charge in [0.1, 0.15) is 11.9 Å². The molecule has 1 aromatic carbocycles. The summed E-state index contributed by atoms with van der Waals surface area (Å²) < 4.78 is 18.5. The number of hydrogen-bond donors (Lipinski definition) is 1. The van der Waals surface area contributed by atoms with Crippen LogP contribution in [0.5, 0.6) is 0 Å². The molecule has 31 heavy (non-hydrogen) atoms. The third kappa shape index (κ3) is 4.44. The summed E-state index contributed by atoms with van der Waals surface area (Å²) in [6.45, 7) is 0.935. The second-order valence-electron chi connectivity index (χ2n) is 10.4. The van der Waals surface area contributed by atoms with E-state index in [9.17, 15) is 14.0 Å². The minimum absolute atomic E-state index is 0.0436. The summed E-state index contributed by atoms with van der Waals surface area (Å²) in [6.07, 6.45) is 10.3. The Hall–Kier alpha value is -2.11. The Morgan fingerprint density at radius 2 is 1.71 bits per heavy atom. The van der Waals surface area contributed by atoms with Crippen LogP contribution in [0.4, 0.5) is 9.18 Å². The molecule has 1 aromatic rings. The number of ether oxygens (including phenoxy) is 1. The number of nitrogens with one attached hydrogen (secondary N) is 1. The number of rotatable bonds is 6. The molecule has 0 unspecified atom stereocenters. The van der Waals surface area contributed by atoms with Crippen LogP contribution in [-0.4, -0.2) is 41.6 Å². The Labute approximate surface area is 183 Å². The van der Waals surface area contributed by atoms with Gasteiger partial charge in [0.25, 0.3) is 0 Å². The fourth-order valence-corrected chi connectivity index (χ4v) is 7.01. The standard InChI is InChI=1S/C25H33FN2O3/c26-21-7-5-17(6-8-21)3-2-10-31-23(29)22-4-1-9-28(22)24(30)27-25-14-18-11-19(15-25)13-20(12-18)16-25/h5-8,18-20,22H,1-4,9-16H2,(H,27,30)/t18?,19?,20?,22-,25?/m0/s1. The van der Waals surface area contributed by atoms with Gasteiger partial charge in [-0.2, -0.15) is 0 Å².